The van der Waals surface area contributed by atoms with E-state index in [0.29, 0.717) is 42.4 Å². The lowest BCUT2D eigenvalue weighted by molar-refractivity contribution is -0.137. The Hall–Kier alpha value is -3.08. The maximum absolute atomic E-state index is 12.5. The van der Waals surface area contributed by atoms with Crippen LogP contribution in [0, 0.1) is 24.2 Å². The monoisotopic (exact) mass is 499 g/mol. The van der Waals surface area contributed by atoms with Crippen molar-refractivity contribution in [2.24, 2.45) is 5.41 Å². The van der Waals surface area contributed by atoms with E-state index in [-0.39, 0.29) is 6.61 Å². The number of hydrogen-bond acceptors (Lipinski definition) is 6. The Balaban J connectivity index is 1.74. The summed E-state index contributed by atoms with van der Waals surface area (Å²) in [7, 11) is 0. The minimum Gasteiger partial charge on any atom is -0.395 e. The molecule has 1 saturated heterocycles. The molecule has 3 heterocycles. The minimum absolute atomic E-state index is 0.0833. The number of likely N-dealkylation sites (tertiary alicyclic amines) is 1. The van der Waals surface area contributed by atoms with Gasteiger partial charge in [0.1, 0.15) is 5.60 Å². The van der Waals surface area contributed by atoms with Crippen LogP contribution < -0.4 is 0 Å². The van der Waals surface area contributed by atoms with Crippen LogP contribution in [0.4, 0.5) is 0 Å². The zero-order valence-corrected chi connectivity index (χ0v) is 22.4. The van der Waals surface area contributed by atoms with Crippen LogP contribution in [0.5, 0.6) is 0 Å². The van der Waals surface area contributed by atoms with Gasteiger partial charge < -0.3 is 15.3 Å². The molecule has 0 bridgehead atoms. The highest BCUT2D eigenvalue weighted by Gasteiger charge is 2.56. The van der Waals surface area contributed by atoms with E-state index in [1.165, 1.54) is 5.56 Å². The van der Waals surface area contributed by atoms with E-state index in [9.17, 15) is 15.3 Å². The number of rotatable bonds is 7. The lowest BCUT2D eigenvalue weighted by Gasteiger charge is -2.56. The third kappa shape index (κ3) is 5.32. The van der Waals surface area contributed by atoms with Crippen molar-refractivity contribution in [2.45, 2.75) is 51.7 Å². The molecular weight excluding hydrogens is 462 g/mol. The van der Waals surface area contributed by atoms with Gasteiger partial charge in [-0.1, -0.05) is 62.9 Å². The Morgan fingerprint density at radius 1 is 1.05 bits per heavy atom. The Bertz CT molecular complexity index is 1300. The molecule has 1 fully saturated rings. The summed E-state index contributed by atoms with van der Waals surface area (Å²) in [4.78, 5) is 11.0. The standard InChI is InChI=1S/C31H37N3O3/c1-22(2)25-9-11-26(12-10-25)31(37,29(4)20-34(21-29)15-16-35)27-17-24(18-32-19-27)13-14-30(5,36)28-8-6-7-23(3)33-28/h6-12,17-19,22,35-37H,15-16,20-21H2,1-5H3/t30-,31+/m1/s1. The zero-order valence-electron chi connectivity index (χ0n) is 22.4. The number of benzene rings is 1. The fourth-order valence-electron chi connectivity index (χ4n) is 5.22. The number of β-amino-alcohol motifs (C(OH)–C–C–N with tert-alkyl or cyclic N) is 1. The van der Waals surface area contributed by atoms with Gasteiger partial charge in [-0.3, -0.25) is 14.9 Å². The molecule has 0 unspecified atom stereocenters. The van der Waals surface area contributed by atoms with E-state index in [1.807, 2.05) is 37.3 Å². The molecule has 0 radical (unpaired) electrons. The Kier molecular flexibility index (Phi) is 7.55. The maximum Gasteiger partial charge on any atom is 0.165 e. The smallest absolute Gasteiger partial charge is 0.165 e. The largest absolute Gasteiger partial charge is 0.395 e. The molecule has 6 nitrogen and oxygen atoms in total. The van der Waals surface area contributed by atoms with E-state index in [1.54, 1.807) is 25.4 Å². The van der Waals surface area contributed by atoms with Crippen molar-refractivity contribution in [2.75, 3.05) is 26.2 Å². The van der Waals surface area contributed by atoms with Gasteiger partial charge in [-0.15, -0.1) is 0 Å². The molecular formula is C31H37N3O3. The van der Waals surface area contributed by atoms with Crippen LogP contribution >= 0.6 is 0 Å². The summed E-state index contributed by atoms with van der Waals surface area (Å²) in [5.41, 5.74) is 1.29. The highest BCUT2D eigenvalue weighted by Crippen LogP contribution is 2.50. The lowest BCUT2D eigenvalue weighted by Crippen LogP contribution is -2.65. The van der Waals surface area contributed by atoms with Gasteiger partial charge in [-0.05, 0) is 49.1 Å². The first-order chi connectivity index (χ1) is 17.5. The zero-order chi connectivity index (χ0) is 26.8. The normalized spacial score (nSPS) is 18.3. The van der Waals surface area contributed by atoms with Crippen LogP contribution in [0.25, 0.3) is 0 Å². The average Bonchev–Trinajstić information content (AvgIpc) is 2.86. The number of hydrogen-bond donors (Lipinski definition) is 3. The molecule has 3 aromatic rings. The van der Waals surface area contributed by atoms with Gasteiger partial charge in [0.05, 0.1) is 12.3 Å². The maximum atomic E-state index is 12.5. The number of aliphatic hydroxyl groups excluding tert-OH is 1. The van der Waals surface area contributed by atoms with Crippen molar-refractivity contribution in [1.82, 2.24) is 14.9 Å². The summed E-state index contributed by atoms with van der Waals surface area (Å²) in [5.74, 6) is 6.37. The van der Waals surface area contributed by atoms with Gasteiger partial charge in [0.25, 0.3) is 0 Å². The summed E-state index contributed by atoms with van der Waals surface area (Å²) in [6.07, 6.45) is 3.33. The number of aryl methyl sites for hydroxylation is 1. The van der Waals surface area contributed by atoms with Gasteiger partial charge in [-0.25, -0.2) is 0 Å². The van der Waals surface area contributed by atoms with E-state index in [0.717, 1.165) is 11.3 Å². The summed E-state index contributed by atoms with van der Waals surface area (Å²) in [5, 5.41) is 32.8. The van der Waals surface area contributed by atoms with E-state index >= 15 is 0 Å². The van der Waals surface area contributed by atoms with Crippen molar-refractivity contribution in [3.8, 4) is 11.8 Å². The molecule has 37 heavy (non-hydrogen) atoms. The third-order valence-electron chi connectivity index (χ3n) is 7.42. The molecule has 4 rings (SSSR count). The molecule has 0 aliphatic carbocycles. The number of pyridine rings is 2. The van der Waals surface area contributed by atoms with Crippen LogP contribution in [-0.4, -0.2) is 56.4 Å². The second-order valence-corrected chi connectivity index (χ2v) is 10.9. The van der Waals surface area contributed by atoms with E-state index in [4.69, 9.17) is 0 Å². The van der Waals surface area contributed by atoms with E-state index in [2.05, 4.69) is 59.6 Å². The quantitative estimate of drug-likeness (QED) is 0.430. The summed E-state index contributed by atoms with van der Waals surface area (Å²) in [6, 6.07) is 15.5. The molecule has 1 aliphatic heterocycles. The minimum atomic E-state index is -1.43. The van der Waals surface area contributed by atoms with Crippen LogP contribution in [0.2, 0.25) is 0 Å². The highest BCUT2D eigenvalue weighted by atomic mass is 16.3. The predicted octanol–water partition coefficient (Wildman–Crippen LogP) is 3.72. The topological polar surface area (TPSA) is 89.7 Å². The molecule has 0 saturated carbocycles. The molecule has 6 heteroatoms. The number of nitrogens with zero attached hydrogens (tertiary/aromatic N) is 3. The summed E-state index contributed by atoms with van der Waals surface area (Å²) in [6.45, 7) is 11.8. The first-order valence-electron chi connectivity index (χ1n) is 12.8. The Morgan fingerprint density at radius 2 is 1.76 bits per heavy atom. The van der Waals surface area contributed by atoms with Gasteiger partial charge in [0.15, 0.2) is 5.60 Å². The fraction of sp³-hybridized carbons (Fsp3) is 0.419. The molecule has 2 aromatic heterocycles. The van der Waals surface area contributed by atoms with Crippen LogP contribution in [0.3, 0.4) is 0 Å². The average molecular weight is 500 g/mol. The van der Waals surface area contributed by atoms with Gasteiger partial charge >= 0.3 is 0 Å². The molecule has 194 valence electrons. The molecule has 1 aromatic carbocycles. The second-order valence-electron chi connectivity index (χ2n) is 10.9. The molecule has 0 amide bonds. The summed E-state index contributed by atoms with van der Waals surface area (Å²) < 4.78 is 0. The summed E-state index contributed by atoms with van der Waals surface area (Å²) >= 11 is 0. The predicted molar refractivity (Wildman–Crippen MR) is 145 cm³/mol. The number of aliphatic hydroxyl groups is 3. The van der Waals surface area contributed by atoms with Gasteiger partial charge in [0, 0.05) is 54.3 Å². The molecule has 1 aliphatic rings. The molecule has 0 spiro atoms. The van der Waals surface area contributed by atoms with Crippen molar-refractivity contribution < 1.29 is 15.3 Å². The van der Waals surface area contributed by atoms with Crippen molar-refractivity contribution in [3.63, 3.8) is 0 Å². The molecule has 2 atom stereocenters. The fourth-order valence-corrected chi connectivity index (χ4v) is 5.22. The van der Waals surface area contributed by atoms with Crippen molar-refractivity contribution >= 4 is 0 Å². The Morgan fingerprint density at radius 3 is 2.38 bits per heavy atom. The third-order valence-corrected chi connectivity index (χ3v) is 7.42. The second kappa shape index (κ2) is 10.4. The van der Waals surface area contributed by atoms with Crippen molar-refractivity contribution in [1.29, 1.82) is 0 Å². The molecule has 3 N–H and O–H groups in total. The number of aromatic nitrogens is 2. The first-order valence-corrected chi connectivity index (χ1v) is 12.8. The van der Waals surface area contributed by atoms with Crippen LogP contribution in [-0.2, 0) is 11.2 Å². The highest BCUT2D eigenvalue weighted by molar-refractivity contribution is 5.45. The first kappa shape index (κ1) is 27.0. The van der Waals surface area contributed by atoms with Crippen molar-refractivity contribution in [3.05, 3.63) is 94.6 Å². The Labute approximate surface area is 220 Å². The van der Waals surface area contributed by atoms with Crippen LogP contribution in [0.15, 0.2) is 60.9 Å². The van der Waals surface area contributed by atoms with E-state index < -0.39 is 16.6 Å². The SMILES string of the molecule is Cc1cccc([C@](C)(O)C#Cc2cncc([C@@](O)(c3ccc(C(C)C)cc3)C3(C)CN(CCO)C3)c2)n1. The van der Waals surface area contributed by atoms with Gasteiger partial charge in [-0.2, -0.15) is 0 Å². The van der Waals surface area contributed by atoms with Gasteiger partial charge in [0.2, 0.25) is 0 Å². The lowest BCUT2D eigenvalue weighted by atomic mass is 9.62. The van der Waals surface area contributed by atoms with Crippen LogP contribution in [0.1, 0.15) is 67.3 Å².